The Morgan fingerprint density at radius 2 is 1.58 bits per heavy atom. The highest BCUT2D eigenvalue weighted by molar-refractivity contribution is 6.09. The van der Waals surface area contributed by atoms with Gasteiger partial charge in [0.1, 0.15) is 6.54 Å². The lowest BCUT2D eigenvalue weighted by Crippen LogP contribution is -2.52. The zero-order valence-corrected chi connectivity index (χ0v) is 19.0. The fraction of sp³-hybridized carbons (Fsp3) is 0.250. The van der Waals surface area contributed by atoms with Gasteiger partial charge in [-0.05, 0) is 31.9 Å². The van der Waals surface area contributed by atoms with Crippen LogP contribution >= 0.6 is 0 Å². The van der Waals surface area contributed by atoms with Crippen LogP contribution in [0.2, 0.25) is 0 Å². The van der Waals surface area contributed by atoms with E-state index in [2.05, 4.69) is 0 Å². The molecule has 0 spiro atoms. The number of rotatable bonds is 7. The number of amides is 3. The molecule has 36 heavy (non-hydrogen) atoms. The number of ketones is 1. The average molecular weight is 492 g/mol. The van der Waals surface area contributed by atoms with Gasteiger partial charge in [-0.25, -0.2) is 5.01 Å². The Hall–Kier alpha value is -4.74. The van der Waals surface area contributed by atoms with E-state index in [9.17, 15) is 39.4 Å². The molecule has 184 valence electrons. The van der Waals surface area contributed by atoms with E-state index in [1.807, 2.05) is 13.0 Å². The van der Waals surface area contributed by atoms with Crippen molar-refractivity contribution in [1.29, 1.82) is 0 Å². The van der Waals surface area contributed by atoms with Crippen LogP contribution in [0.4, 0.5) is 11.4 Å². The van der Waals surface area contributed by atoms with E-state index in [1.54, 1.807) is 0 Å². The molecule has 2 aromatic carbocycles. The van der Waals surface area contributed by atoms with Gasteiger partial charge in [-0.2, -0.15) is 5.01 Å². The molecule has 1 aliphatic carbocycles. The highest BCUT2D eigenvalue weighted by Crippen LogP contribution is 2.38. The first-order valence-corrected chi connectivity index (χ1v) is 11.0. The van der Waals surface area contributed by atoms with Gasteiger partial charge in [0, 0.05) is 35.4 Å². The lowest BCUT2D eigenvalue weighted by atomic mass is 9.82. The van der Waals surface area contributed by atoms with Crippen LogP contribution < -0.4 is 0 Å². The van der Waals surface area contributed by atoms with Gasteiger partial charge < -0.3 is 0 Å². The molecule has 0 bridgehead atoms. The van der Waals surface area contributed by atoms with Gasteiger partial charge in [-0.1, -0.05) is 23.8 Å². The second kappa shape index (κ2) is 9.49. The van der Waals surface area contributed by atoms with Gasteiger partial charge in [-0.15, -0.1) is 0 Å². The van der Waals surface area contributed by atoms with Crippen LogP contribution in [0.3, 0.4) is 0 Å². The molecule has 1 saturated heterocycles. The summed E-state index contributed by atoms with van der Waals surface area (Å²) in [5, 5.41) is 23.5. The maximum Gasteiger partial charge on any atom is 0.273 e. The molecule has 1 fully saturated rings. The lowest BCUT2D eigenvalue weighted by Gasteiger charge is -2.30. The van der Waals surface area contributed by atoms with Crippen molar-refractivity contribution in [2.24, 2.45) is 11.8 Å². The van der Waals surface area contributed by atoms with Crippen molar-refractivity contribution in [3.8, 4) is 0 Å². The van der Waals surface area contributed by atoms with Crippen molar-refractivity contribution < 1.29 is 29.0 Å². The van der Waals surface area contributed by atoms with Gasteiger partial charge in [0.2, 0.25) is 0 Å². The SMILES string of the molecule is CC1=CC[C@H]2C(=O)N(N(CC(=O)c3cccc([N+](=O)[O-])c3)C(=O)c3ccc([N+](=O)[O-])cc3)C(=O)[C@@H]2C1. The van der Waals surface area contributed by atoms with Crippen LogP contribution in [-0.4, -0.2) is 49.9 Å². The topological polar surface area (TPSA) is 161 Å². The summed E-state index contributed by atoms with van der Waals surface area (Å²) >= 11 is 0. The molecule has 0 radical (unpaired) electrons. The number of imide groups is 1. The summed E-state index contributed by atoms with van der Waals surface area (Å²) in [6.07, 6.45) is 2.51. The Balaban J connectivity index is 1.70. The van der Waals surface area contributed by atoms with Gasteiger partial charge in [0.15, 0.2) is 5.78 Å². The number of benzene rings is 2. The maximum absolute atomic E-state index is 13.5. The third kappa shape index (κ3) is 4.48. The number of hydrazine groups is 1. The molecule has 0 N–H and O–H groups in total. The summed E-state index contributed by atoms with van der Waals surface area (Å²) in [4.78, 5) is 73.8. The third-order valence-corrected chi connectivity index (χ3v) is 6.27. The number of Topliss-reactive ketones (excluding diaryl/α,β-unsaturated/α-hetero) is 1. The maximum atomic E-state index is 13.5. The van der Waals surface area contributed by atoms with Crippen molar-refractivity contribution >= 4 is 34.9 Å². The number of hydrogen-bond donors (Lipinski definition) is 0. The van der Waals surface area contributed by atoms with Crippen LogP contribution in [0, 0.1) is 32.1 Å². The number of carbonyl (C=O) groups is 4. The molecule has 1 aliphatic heterocycles. The fourth-order valence-electron chi connectivity index (χ4n) is 4.39. The first kappa shape index (κ1) is 24.4. The first-order chi connectivity index (χ1) is 17.1. The minimum Gasteiger partial charge on any atom is -0.292 e. The van der Waals surface area contributed by atoms with E-state index in [4.69, 9.17) is 0 Å². The predicted octanol–water partition coefficient (Wildman–Crippen LogP) is 3.08. The molecule has 0 unspecified atom stereocenters. The van der Waals surface area contributed by atoms with Gasteiger partial charge in [0.25, 0.3) is 29.1 Å². The van der Waals surface area contributed by atoms with Crippen LogP contribution in [0.15, 0.2) is 60.2 Å². The Kier molecular flexibility index (Phi) is 6.43. The van der Waals surface area contributed by atoms with Gasteiger partial charge in [-0.3, -0.25) is 39.4 Å². The summed E-state index contributed by atoms with van der Waals surface area (Å²) in [5.41, 5.74) is 0.152. The van der Waals surface area contributed by atoms with Crippen molar-refractivity contribution in [1.82, 2.24) is 10.0 Å². The largest absolute Gasteiger partial charge is 0.292 e. The second-order valence-electron chi connectivity index (χ2n) is 8.59. The molecule has 12 nitrogen and oxygen atoms in total. The van der Waals surface area contributed by atoms with E-state index >= 15 is 0 Å². The Labute approximate surface area is 204 Å². The Morgan fingerprint density at radius 3 is 2.22 bits per heavy atom. The lowest BCUT2D eigenvalue weighted by molar-refractivity contribution is -0.385. The second-order valence-corrected chi connectivity index (χ2v) is 8.59. The van der Waals surface area contributed by atoms with E-state index in [-0.39, 0.29) is 22.5 Å². The molecule has 3 amide bonds. The van der Waals surface area contributed by atoms with Gasteiger partial charge >= 0.3 is 0 Å². The zero-order chi connectivity index (χ0) is 26.1. The molecule has 0 aromatic heterocycles. The third-order valence-electron chi connectivity index (χ3n) is 6.27. The summed E-state index contributed by atoms with van der Waals surface area (Å²) in [6, 6.07) is 9.38. The quantitative estimate of drug-likeness (QED) is 0.187. The van der Waals surface area contributed by atoms with E-state index in [0.29, 0.717) is 17.9 Å². The zero-order valence-electron chi connectivity index (χ0n) is 19.0. The van der Waals surface area contributed by atoms with Crippen molar-refractivity contribution in [3.05, 3.63) is 91.5 Å². The van der Waals surface area contributed by atoms with Crippen LogP contribution in [-0.2, 0) is 9.59 Å². The van der Waals surface area contributed by atoms with Crippen molar-refractivity contribution in [2.75, 3.05) is 6.54 Å². The van der Waals surface area contributed by atoms with Crippen LogP contribution in [0.25, 0.3) is 0 Å². The molecule has 12 heteroatoms. The number of fused-ring (bicyclic) bond motifs is 1. The van der Waals surface area contributed by atoms with Crippen molar-refractivity contribution in [2.45, 2.75) is 19.8 Å². The van der Waals surface area contributed by atoms with E-state index < -0.39 is 51.7 Å². The number of allylic oxidation sites excluding steroid dienone is 2. The molecular formula is C24H20N4O8. The van der Waals surface area contributed by atoms with Crippen molar-refractivity contribution in [3.63, 3.8) is 0 Å². The summed E-state index contributed by atoms with van der Waals surface area (Å²) in [6.45, 7) is 1.09. The Morgan fingerprint density at radius 1 is 0.944 bits per heavy atom. The first-order valence-electron chi connectivity index (χ1n) is 11.0. The summed E-state index contributed by atoms with van der Waals surface area (Å²) < 4.78 is 0. The van der Waals surface area contributed by atoms with Gasteiger partial charge in [0.05, 0.1) is 21.7 Å². The number of carbonyl (C=O) groups excluding carboxylic acids is 4. The Bertz CT molecular complexity index is 1330. The molecular weight excluding hydrogens is 472 g/mol. The molecule has 2 aromatic rings. The predicted molar refractivity (Wildman–Crippen MR) is 123 cm³/mol. The fourth-order valence-corrected chi connectivity index (χ4v) is 4.39. The van der Waals surface area contributed by atoms with Crippen LogP contribution in [0.5, 0.6) is 0 Å². The highest BCUT2D eigenvalue weighted by atomic mass is 16.6. The molecule has 0 saturated carbocycles. The minimum absolute atomic E-state index is 0.0836. The number of nitro groups is 2. The smallest absolute Gasteiger partial charge is 0.273 e. The molecule has 2 atom stereocenters. The minimum atomic E-state index is -0.895. The monoisotopic (exact) mass is 492 g/mol. The van der Waals surface area contributed by atoms with E-state index in [0.717, 1.165) is 40.9 Å². The molecule has 4 rings (SSSR count). The number of non-ortho nitro benzene ring substituents is 2. The molecule has 1 heterocycles. The number of hydrogen-bond acceptors (Lipinski definition) is 8. The normalized spacial score (nSPS) is 18.9. The standard InChI is InChI=1S/C24H20N4O8/c1-14-5-10-19-20(11-14)24(32)26(23(19)31)25(22(30)15-6-8-17(9-7-15)27(33)34)13-21(29)16-3-2-4-18(12-16)28(35)36/h2-9,12,19-20H,10-11,13H2,1H3/t19-,20-/m1/s1. The van der Waals surface area contributed by atoms with E-state index in [1.165, 1.54) is 18.2 Å². The summed E-state index contributed by atoms with van der Waals surface area (Å²) in [5.74, 6) is -4.24. The number of nitro benzene ring substituents is 2. The molecule has 2 aliphatic rings. The average Bonchev–Trinajstić information content (AvgIpc) is 3.11. The number of nitrogens with zero attached hydrogens (tertiary/aromatic N) is 4. The van der Waals surface area contributed by atoms with Crippen LogP contribution in [0.1, 0.15) is 40.5 Å². The highest BCUT2D eigenvalue weighted by Gasteiger charge is 2.51. The summed E-state index contributed by atoms with van der Waals surface area (Å²) in [7, 11) is 0.